The molecule has 0 saturated carbocycles. The van der Waals surface area contributed by atoms with Gasteiger partial charge in [-0.15, -0.1) is 11.3 Å². The molecule has 154 valence electrons. The number of fused-ring (bicyclic) bond motifs is 1. The molecule has 0 bridgehead atoms. The molecule has 2 amide bonds. The van der Waals surface area contributed by atoms with E-state index in [0.717, 1.165) is 10.5 Å². The molecule has 0 aliphatic rings. The first-order chi connectivity index (χ1) is 13.4. The first kappa shape index (κ1) is 21.2. The molecule has 3 heterocycles. The van der Waals surface area contributed by atoms with Crippen molar-refractivity contribution in [3.05, 3.63) is 38.6 Å². The smallest absolute Gasteiger partial charge is 0.365 e. The van der Waals surface area contributed by atoms with Gasteiger partial charge in [0, 0.05) is 5.39 Å². The number of hydrogen-bond acceptors (Lipinski definition) is 5. The van der Waals surface area contributed by atoms with Gasteiger partial charge in [0.25, 0.3) is 5.91 Å². The maximum absolute atomic E-state index is 13.1. The van der Waals surface area contributed by atoms with Gasteiger partial charge in [-0.05, 0) is 48.3 Å². The molecule has 0 aromatic carbocycles. The number of carbonyl (C=O) groups excluding carboxylic acids is 2. The maximum Gasteiger partial charge on any atom is 0.433 e. The standard InChI is InChI=1S/C17H15BrF3N5O2S/c1-6-4-10(17(19,20)21)24-16-11(6)12(13(29-16)14(22)27)25-15(28)8(3)26-7(2)9(18)5-23-26/h4-5,8H,1-3H3,(H2,22,27)(H,25,28). The molecule has 1 unspecified atom stereocenters. The van der Waals surface area contributed by atoms with Crippen LogP contribution in [0.25, 0.3) is 10.2 Å². The van der Waals surface area contributed by atoms with Crippen LogP contribution in [-0.2, 0) is 11.0 Å². The largest absolute Gasteiger partial charge is 0.433 e. The van der Waals surface area contributed by atoms with Crippen LogP contribution in [0.1, 0.15) is 39.6 Å². The number of hydrogen-bond donors (Lipinski definition) is 2. The molecular weight excluding hydrogens is 475 g/mol. The second kappa shape index (κ2) is 7.41. The number of pyridine rings is 1. The van der Waals surface area contributed by atoms with Gasteiger partial charge in [-0.3, -0.25) is 14.3 Å². The monoisotopic (exact) mass is 489 g/mol. The van der Waals surface area contributed by atoms with E-state index in [4.69, 9.17) is 5.73 Å². The van der Waals surface area contributed by atoms with E-state index in [1.807, 2.05) is 0 Å². The third kappa shape index (κ3) is 3.86. The van der Waals surface area contributed by atoms with E-state index in [1.165, 1.54) is 11.6 Å². The molecule has 3 aromatic rings. The third-order valence-corrected chi connectivity index (χ3v) is 6.23. The molecule has 0 aliphatic carbocycles. The van der Waals surface area contributed by atoms with Crippen LogP contribution in [0.4, 0.5) is 18.9 Å². The number of nitrogens with zero attached hydrogens (tertiary/aromatic N) is 3. The summed E-state index contributed by atoms with van der Waals surface area (Å²) in [4.78, 5) is 28.2. The van der Waals surface area contributed by atoms with E-state index < -0.39 is 29.7 Å². The predicted octanol–water partition coefficient (Wildman–Crippen LogP) is 4.19. The third-order valence-electron chi connectivity index (χ3n) is 4.35. The summed E-state index contributed by atoms with van der Waals surface area (Å²) < 4.78 is 41.4. The highest BCUT2D eigenvalue weighted by atomic mass is 79.9. The van der Waals surface area contributed by atoms with Gasteiger partial charge in [-0.1, -0.05) is 0 Å². The minimum atomic E-state index is -4.64. The Hall–Kier alpha value is -2.47. The summed E-state index contributed by atoms with van der Waals surface area (Å²) in [5.74, 6) is -1.38. The molecule has 0 radical (unpaired) electrons. The number of primary amides is 1. The van der Waals surface area contributed by atoms with Gasteiger partial charge in [-0.2, -0.15) is 18.3 Å². The van der Waals surface area contributed by atoms with Crippen molar-refractivity contribution in [1.82, 2.24) is 14.8 Å². The predicted molar refractivity (Wildman–Crippen MR) is 106 cm³/mol. The lowest BCUT2D eigenvalue weighted by Gasteiger charge is -2.15. The van der Waals surface area contributed by atoms with Crippen molar-refractivity contribution < 1.29 is 22.8 Å². The zero-order valence-corrected chi connectivity index (χ0v) is 17.8. The van der Waals surface area contributed by atoms with Gasteiger partial charge in [-0.25, -0.2) is 4.98 Å². The summed E-state index contributed by atoms with van der Waals surface area (Å²) >= 11 is 4.02. The van der Waals surface area contributed by atoms with Gasteiger partial charge >= 0.3 is 6.18 Å². The first-order valence-corrected chi connectivity index (χ1v) is 9.84. The Bertz CT molecular complexity index is 1140. The quantitative estimate of drug-likeness (QED) is 0.573. The van der Waals surface area contributed by atoms with E-state index in [2.05, 4.69) is 31.3 Å². The van der Waals surface area contributed by atoms with Crippen LogP contribution >= 0.6 is 27.3 Å². The maximum atomic E-state index is 13.1. The molecule has 3 N–H and O–H groups in total. The Morgan fingerprint density at radius 2 is 2.00 bits per heavy atom. The van der Waals surface area contributed by atoms with E-state index in [9.17, 15) is 22.8 Å². The minimum Gasteiger partial charge on any atom is -0.365 e. The van der Waals surface area contributed by atoms with Crippen LogP contribution in [0.5, 0.6) is 0 Å². The summed E-state index contributed by atoms with van der Waals surface area (Å²) in [6.45, 7) is 4.82. The molecule has 3 aromatic heterocycles. The summed E-state index contributed by atoms with van der Waals surface area (Å²) in [5, 5.41) is 6.99. The molecule has 29 heavy (non-hydrogen) atoms. The Morgan fingerprint density at radius 1 is 1.34 bits per heavy atom. The van der Waals surface area contributed by atoms with Gasteiger partial charge < -0.3 is 11.1 Å². The SMILES string of the molecule is Cc1cc(C(F)(F)F)nc2sc(C(N)=O)c(NC(=O)C(C)n3ncc(Br)c3C)c12. The number of halogens is 4. The summed E-state index contributed by atoms with van der Waals surface area (Å²) in [6, 6.07) is 0.118. The number of nitrogens with two attached hydrogens (primary N) is 1. The second-order valence-electron chi connectivity index (χ2n) is 6.36. The Kier molecular flexibility index (Phi) is 5.43. The molecule has 1 atom stereocenters. The van der Waals surface area contributed by atoms with E-state index in [0.29, 0.717) is 17.0 Å². The molecule has 7 nitrogen and oxygen atoms in total. The topological polar surface area (TPSA) is 103 Å². The average molecular weight is 490 g/mol. The molecule has 0 spiro atoms. The second-order valence-corrected chi connectivity index (χ2v) is 8.21. The zero-order valence-electron chi connectivity index (χ0n) is 15.4. The van der Waals surface area contributed by atoms with Crippen LogP contribution < -0.4 is 11.1 Å². The number of aryl methyl sites for hydroxylation is 1. The van der Waals surface area contributed by atoms with Crippen molar-refractivity contribution in [3.8, 4) is 0 Å². The normalized spacial score (nSPS) is 12.9. The lowest BCUT2D eigenvalue weighted by molar-refractivity contribution is -0.141. The fraction of sp³-hybridized carbons (Fsp3) is 0.294. The van der Waals surface area contributed by atoms with Crippen LogP contribution in [0, 0.1) is 13.8 Å². The van der Waals surface area contributed by atoms with Crippen molar-refractivity contribution in [2.75, 3.05) is 5.32 Å². The summed E-state index contributed by atoms with van der Waals surface area (Å²) in [5.41, 5.74) is 5.29. The Labute approximate surface area is 175 Å². The number of amides is 2. The van der Waals surface area contributed by atoms with E-state index in [1.54, 1.807) is 20.0 Å². The average Bonchev–Trinajstić information content (AvgIpc) is 3.15. The van der Waals surface area contributed by atoms with Gasteiger partial charge in [0.2, 0.25) is 5.91 Å². The molecule has 12 heteroatoms. The molecular formula is C17H15BrF3N5O2S. The lowest BCUT2D eigenvalue weighted by Crippen LogP contribution is -2.26. The molecule has 0 saturated heterocycles. The fourth-order valence-electron chi connectivity index (χ4n) is 2.85. The van der Waals surface area contributed by atoms with Crippen LogP contribution in [-0.4, -0.2) is 26.6 Å². The number of carbonyl (C=O) groups is 2. The number of aromatic nitrogens is 3. The van der Waals surface area contributed by atoms with Crippen molar-refractivity contribution in [1.29, 1.82) is 0 Å². The fourth-order valence-corrected chi connectivity index (χ4v) is 4.18. The lowest BCUT2D eigenvalue weighted by atomic mass is 10.1. The van der Waals surface area contributed by atoms with E-state index in [-0.39, 0.29) is 26.3 Å². The number of rotatable bonds is 4. The van der Waals surface area contributed by atoms with Crippen molar-refractivity contribution in [2.45, 2.75) is 33.0 Å². The minimum absolute atomic E-state index is 0.0351. The van der Waals surface area contributed by atoms with Crippen LogP contribution in [0.3, 0.4) is 0 Å². The molecule has 0 aliphatic heterocycles. The zero-order chi connectivity index (χ0) is 21.7. The highest BCUT2D eigenvalue weighted by Crippen LogP contribution is 2.40. The molecule has 0 fully saturated rings. The summed E-state index contributed by atoms with van der Waals surface area (Å²) in [6.07, 6.45) is -3.10. The first-order valence-electron chi connectivity index (χ1n) is 8.23. The van der Waals surface area contributed by atoms with Gasteiger partial charge in [0.1, 0.15) is 21.4 Å². The number of alkyl halides is 3. The number of anilines is 1. The molecule has 3 rings (SSSR count). The van der Waals surface area contributed by atoms with Crippen LogP contribution in [0.2, 0.25) is 0 Å². The van der Waals surface area contributed by atoms with Crippen molar-refractivity contribution in [3.63, 3.8) is 0 Å². The highest BCUT2D eigenvalue weighted by Gasteiger charge is 2.34. The number of thiophene rings is 1. The Balaban J connectivity index is 2.08. The van der Waals surface area contributed by atoms with Gasteiger partial charge in [0.15, 0.2) is 0 Å². The van der Waals surface area contributed by atoms with Crippen molar-refractivity contribution >= 4 is 55.0 Å². The van der Waals surface area contributed by atoms with Crippen LogP contribution in [0.15, 0.2) is 16.7 Å². The Morgan fingerprint density at radius 3 is 2.52 bits per heavy atom. The van der Waals surface area contributed by atoms with Gasteiger partial charge in [0.05, 0.1) is 22.1 Å². The highest BCUT2D eigenvalue weighted by molar-refractivity contribution is 9.10. The number of nitrogens with one attached hydrogen (secondary N) is 1. The van der Waals surface area contributed by atoms with E-state index >= 15 is 0 Å². The van der Waals surface area contributed by atoms with Crippen molar-refractivity contribution in [2.24, 2.45) is 5.73 Å². The summed E-state index contributed by atoms with van der Waals surface area (Å²) in [7, 11) is 0.